The molecule has 4 aromatic heterocycles. The van der Waals surface area contributed by atoms with E-state index in [-0.39, 0.29) is 0 Å². The fourth-order valence-corrected chi connectivity index (χ4v) is 6.37. The summed E-state index contributed by atoms with van der Waals surface area (Å²) < 4.78 is 4.38. The molecule has 6 heteroatoms. The van der Waals surface area contributed by atoms with Crippen molar-refractivity contribution in [3.8, 4) is 34.4 Å². The lowest BCUT2D eigenvalue weighted by atomic mass is 10.1. The lowest BCUT2D eigenvalue weighted by Gasteiger charge is -2.13. The van der Waals surface area contributed by atoms with Crippen LogP contribution in [0, 0.1) is 0 Å². The van der Waals surface area contributed by atoms with Gasteiger partial charge in [0.1, 0.15) is 0 Å². The van der Waals surface area contributed by atoms with Crippen molar-refractivity contribution in [1.29, 1.82) is 0 Å². The minimum absolute atomic E-state index is 0.606. The van der Waals surface area contributed by atoms with Gasteiger partial charge in [0.2, 0.25) is 11.9 Å². The van der Waals surface area contributed by atoms with Gasteiger partial charge in [-0.3, -0.25) is 9.13 Å². The molecule has 0 aliphatic rings. The number of aromatic nitrogens is 6. The summed E-state index contributed by atoms with van der Waals surface area (Å²) in [6.07, 6.45) is 3.58. The molecule has 0 N–H and O–H groups in total. The third-order valence-corrected chi connectivity index (χ3v) is 8.27. The molecule has 0 fully saturated rings. The number of para-hydroxylation sites is 2. The SMILES string of the molecule is c1ccc(-c2cc(-c3ccccc3)nc(-n3c4ccccc4c4ccc5c6ccccc6n(-c6ncccn6)c5c43)n2)cc1. The Bertz CT molecular complexity index is 2420. The van der Waals surface area contributed by atoms with E-state index in [0.717, 1.165) is 66.1 Å². The van der Waals surface area contributed by atoms with Crippen molar-refractivity contribution < 1.29 is 0 Å². The second-order valence-corrected chi connectivity index (χ2v) is 10.8. The molecule has 0 aliphatic heterocycles. The number of hydrogen-bond acceptors (Lipinski definition) is 4. The number of rotatable bonds is 4. The third kappa shape index (κ3) is 3.68. The summed E-state index contributed by atoms with van der Waals surface area (Å²) in [4.78, 5) is 19.9. The molecule has 0 amide bonds. The Hall–Kier alpha value is -6.14. The Balaban J connectivity index is 1.48. The molecular formula is C38H24N6. The van der Waals surface area contributed by atoms with E-state index in [4.69, 9.17) is 19.9 Å². The van der Waals surface area contributed by atoms with Crippen molar-refractivity contribution in [1.82, 2.24) is 29.1 Å². The van der Waals surface area contributed by atoms with Gasteiger partial charge >= 0.3 is 0 Å². The first-order valence-electron chi connectivity index (χ1n) is 14.6. The summed E-state index contributed by atoms with van der Waals surface area (Å²) in [7, 11) is 0. The molecule has 0 spiro atoms. The van der Waals surface area contributed by atoms with Crippen molar-refractivity contribution in [2.24, 2.45) is 0 Å². The number of nitrogens with zero attached hydrogens (tertiary/aromatic N) is 6. The maximum Gasteiger partial charge on any atom is 0.235 e. The van der Waals surface area contributed by atoms with Crippen molar-refractivity contribution in [3.05, 3.63) is 146 Å². The molecule has 5 aromatic carbocycles. The fourth-order valence-electron chi connectivity index (χ4n) is 6.37. The summed E-state index contributed by atoms with van der Waals surface area (Å²) in [5.41, 5.74) is 7.89. The van der Waals surface area contributed by atoms with Gasteiger partial charge in [-0.2, -0.15) is 0 Å². The van der Waals surface area contributed by atoms with Crippen LogP contribution in [0.2, 0.25) is 0 Å². The van der Waals surface area contributed by atoms with Crippen molar-refractivity contribution in [2.75, 3.05) is 0 Å². The molecule has 6 nitrogen and oxygen atoms in total. The predicted molar refractivity (Wildman–Crippen MR) is 177 cm³/mol. The van der Waals surface area contributed by atoms with Crippen LogP contribution in [0.5, 0.6) is 0 Å². The van der Waals surface area contributed by atoms with Gasteiger partial charge in [-0.25, -0.2) is 19.9 Å². The van der Waals surface area contributed by atoms with Crippen molar-refractivity contribution in [2.45, 2.75) is 0 Å². The highest BCUT2D eigenvalue weighted by Gasteiger charge is 2.23. The topological polar surface area (TPSA) is 61.4 Å². The molecule has 0 aliphatic carbocycles. The van der Waals surface area contributed by atoms with E-state index in [2.05, 4.69) is 100 Å². The van der Waals surface area contributed by atoms with Crippen LogP contribution in [0.4, 0.5) is 0 Å². The van der Waals surface area contributed by atoms with Crippen LogP contribution in [0.25, 0.3) is 78.0 Å². The Morgan fingerprint density at radius 3 is 1.36 bits per heavy atom. The standard InChI is InChI=1S/C38H24N6/c1-3-12-25(13-4-1)31-24-32(26-14-5-2-6-15-26)42-38(41-31)44-34-19-10-8-17-28(34)30-21-20-29-27-16-7-9-18-33(27)43(35(29)36(30)44)37-39-22-11-23-40-37/h1-24H. The molecule has 44 heavy (non-hydrogen) atoms. The summed E-state index contributed by atoms with van der Waals surface area (Å²) in [5.74, 6) is 1.22. The predicted octanol–water partition coefficient (Wildman–Crippen LogP) is 8.79. The Morgan fingerprint density at radius 1 is 0.386 bits per heavy atom. The molecule has 0 atom stereocenters. The van der Waals surface area contributed by atoms with Crippen LogP contribution < -0.4 is 0 Å². The normalized spacial score (nSPS) is 11.6. The van der Waals surface area contributed by atoms with Crippen molar-refractivity contribution >= 4 is 43.6 Å². The van der Waals surface area contributed by atoms with Gasteiger partial charge in [0.25, 0.3) is 0 Å². The van der Waals surface area contributed by atoms with Gasteiger partial charge in [-0.05, 0) is 24.3 Å². The Labute approximate surface area is 252 Å². The van der Waals surface area contributed by atoms with Crippen LogP contribution in [0.1, 0.15) is 0 Å². The van der Waals surface area contributed by atoms with E-state index in [9.17, 15) is 0 Å². The summed E-state index contributed by atoms with van der Waals surface area (Å²) >= 11 is 0. The third-order valence-electron chi connectivity index (χ3n) is 8.27. The second-order valence-electron chi connectivity index (χ2n) is 10.8. The molecule has 0 saturated heterocycles. The van der Waals surface area contributed by atoms with E-state index < -0.39 is 0 Å². The first kappa shape index (κ1) is 24.5. The fraction of sp³-hybridized carbons (Fsp3) is 0. The van der Waals surface area contributed by atoms with Gasteiger partial charge in [-0.15, -0.1) is 0 Å². The van der Waals surface area contributed by atoms with Gasteiger partial charge < -0.3 is 0 Å². The quantitative estimate of drug-likeness (QED) is 0.214. The summed E-state index contributed by atoms with van der Waals surface area (Å²) in [5, 5.41) is 4.50. The number of fused-ring (bicyclic) bond motifs is 7. The zero-order valence-electron chi connectivity index (χ0n) is 23.5. The highest BCUT2D eigenvalue weighted by atomic mass is 15.2. The van der Waals surface area contributed by atoms with Crippen LogP contribution in [0.15, 0.2) is 146 Å². The summed E-state index contributed by atoms with van der Waals surface area (Å²) in [6, 6.07) is 45.9. The first-order valence-corrected chi connectivity index (χ1v) is 14.6. The molecule has 0 unspecified atom stereocenters. The Kier molecular flexibility index (Phi) is 5.40. The van der Waals surface area contributed by atoms with Gasteiger partial charge in [-0.1, -0.05) is 109 Å². The molecule has 9 rings (SSSR count). The van der Waals surface area contributed by atoms with Crippen molar-refractivity contribution in [3.63, 3.8) is 0 Å². The first-order chi connectivity index (χ1) is 21.8. The Morgan fingerprint density at radius 2 is 0.841 bits per heavy atom. The van der Waals surface area contributed by atoms with Crippen LogP contribution in [-0.4, -0.2) is 29.1 Å². The second kappa shape index (κ2) is 9.71. The molecule has 9 aromatic rings. The molecule has 0 bridgehead atoms. The monoisotopic (exact) mass is 564 g/mol. The van der Waals surface area contributed by atoms with Gasteiger partial charge in [0.05, 0.1) is 33.5 Å². The van der Waals surface area contributed by atoms with Crippen LogP contribution >= 0.6 is 0 Å². The van der Waals surface area contributed by atoms with E-state index in [1.165, 1.54) is 0 Å². The van der Waals surface area contributed by atoms with Crippen LogP contribution in [-0.2, 0) is 0 Å². The van der Waals surface area contributed by atoms with Crippen LogP contribution in [0.3, 0.4) is 0 Å². The van der Waals surface area contributed by atoms with Gasteiger partial charge in [0.15, 0.2) is 0 Å². The number of benzene rings is 5. The maximum atomic E-state index is 5.25. The average molecular weight is 565 g/mol. The zero-order valence-corrected chi connectivity index (χ0v) is 23.5. The highest BCUT2D eigenvalue weighted by Crippen LogP contribution is 2.41. The average Bonchev–Trinajstić information content (AvgIpc) is 3.62. The van der Waals surface area contributed by atoms with E-state index >= 15 is 0 Å². The molecule has 0 radical (unpaired) electrons. The van der Waals surface area contributed by atoms with Gasteiger partial charge in [0, 0.05) is 45.1 Å². The minimum atomic E-state index is 0.606. The largest absolute Gasteiger partial charge is 0.276 e. The van der Waals surface area contributed by atoms with E-state index in [1.54, 1.807) is 12.4 Å². The highest BCUT2D eigenvalue weighted by molar-refractivity contribution is 6.23. The summed E-state index contributed by atoms with van der Waals surface area (Å²) in [6.45, 7) is 0. The molecule has 0 saturated carbocycles. The zero-order chi connectivity index (χ0) is 29.0. The van der Waals surface area contributed by atoms with E-state index in [1.807, 2.05) is 42.5 Å². The number of hydrogen-bond donors (Lipinski definition) is 0. The molecular weight excluding hydrogens is 540 g/mol. The lowest BCUT2D eigenvalue weighted by Crippen LogP contribution is -2.06. The molecule has 4 heterocycles. The molecule has 206 valence electrons. The smallest absolute Gasteiger partial charge is 0.235 e. The van der Waals surface area contributed by atoms with E-state index in [0.29, 0.717) is 11.9 Å². The lowest BCUT2D eigenvalue weighted by molar-refractivity contribution is 0.975. The maximum absolute atomic E-state index is 5.25. The minimum Gasteiger partial charge on any atom is -0.276 e.